The van der Waals surface area contributed by atoms with E-state index in [4.69, 9.17) is 0 Å². The molecule has 0 saturated carbocycles. The van der Waals surface area contributed by atoms with Crippen LogP contribution in [0, 0.1) is 13.8 Å². The average Bonchev–Trinajstić information content (AvgIpc) is 2.93. The largest absolute Gasteiger partial charge is 0.309 e. The average molecular weight is 435 g/mol. The molecule has 0 amide bonds. The Morgan fingerprint density at radius 3 is 2.32 bits per heavy atom. The molecule has 3 rings (SSSR count). The van der Waals surface area contributed by atoms with Crippen LogP contribution in [0.15, 0.2) is 57.2 Å². The summed E-state index contributed by atoms with van der Waals surface area (Å²) in [6.45, 7) is 4.79. The topological polar surface area (TPSA) is 42.3 Å². The molecule has 7 heteroatoms. The monoisotopic (exact) mass is 434 g/mol. The van der Waals surface area contributed by atoms with Crippen LogP contribution in [0.3, 0.4) is 0 Å². The highest BCUT2D eigenvalue weighted by molar-refractivity contribution is 7.99. The van der Waals surface area contributed by atoms with E-state index < -0.39 is 10.0 Å². The second-order valence-electron chi connectivity index (χ2n) is 7.03. The highest BCUT2D eigenvalue weighted by Crippen LogP contribution is 2.38. The molecule has 0 aliphatic rings. The van der Waals surface area contributed by atoms with Gasteiger partial charge in [-0.1, -0.05) is 17.7 Å². The molecule has 0 aliphatic carbocycles. The lowest BCUT2D eigenvalue weighted by Gasteiger charge is -2.11. The third-order valence-corrected chi connectivity index (χ3v) is 8.38. The Kier molecular flexibility index (Phi) is 6.49. The van der Waals surface area contributed by atoms with Gasteiger partial charge in [-0.2, -0.15) is 0 Å². The molecule has 0 aliphatic heterocycles. The van der Waals surface area contributed by atoms with Gasteiger partial charge in [-0.05, 0) is 64.5 Å². The lowest BCUT2D eigenvalue weighted by molar-refractivity contribution is 0.437. The van der Waals surface area contributed by atoms with E-state index in [1.165, 1.54) is 3.97 Å². The number of thioether (sulfide) groups is 2. The lowest BCUT2D eigenvalue weighted by atomic mass is 10.2. The zero-order valence-corrected chi connectivity index (χ0v) is 19.3. The second kappa shape index (κ2) is 8.53. The fraction of sp³-hybridized carbons (Fsp3) is 0.333. The quantitative estimate of drug-likeness (QED) is 0.496. The van der Waals surface area contributed by atoms with E-state index in [1.807, 2.05) is 58.5 Å². The molecular formula is C21H26N2O2S3. The predicted molar refractivity (Wildman–Crippen MR) is 121 cm³/mol. The summed E-state index contributed by atoms with van der Waals surface area (Å²) in [5, 5.41) is 1.00. The van der Waals surface area contributed by atoms with E-state index in [0.29, 0.717) is 4.90 Å². The third kappa shape index (κ3) is 4.13. The minimum atomic E-state index is -3.67. The summed E-state index contributed by atoms with van der Waals surface area (Å²) in [6.07, 6.45) is 2.03. The normalized spacial score (nSPS) is 12.2. The van der Waals surface area contributed by atoms with Crippen LogP contribution in [0.4, 0.5) is 0 Å². The van der Waals surface area contributed by atoms with E-state index in [0.717, 1.165) is 44.2 Å². The molecule has 3 aromatic rings. The lowest BCUT2D eigenvalue weighted by Crippen LogP contribution is -2.15. The number of nitrogens with zero attached hydrogens (tertiary/aromatic N) is 2. The molecule has 0 unspecified atom stereocenters. The maximum Gasteiger partial charge on any atom is 0.268 e. The molecule has 0 atom stereocenters. The minimum Gasteiger partial charge on any atom is -0.309 e. The first kappa shape index (κ1) is 21.3. The fourth-order valence-corrected chi connectivity index (χ4v) is 6.44. The Morgan fingerprint density at radius 2 is 1.71 bits per heavy atom. The van der Waals surface area contributed by atoms with Gasteiger partial charge in [-0.3, -0.25) is 0 Å². The van der Waals surface area contributed by atoms with Crippen molar-refractivity contribution in [2.75, 3.05) is 32.6 Å². The zero-order chi connectivity index (χ0) is 20.5. The molecule has 0 bridgehead atoms. The first-order valence-corrected chi connectivity index (χ1v) is 12.7. The number of hydrogen-bond donors (Lipinski definition) is 0. The molecule has 28 heavy (non-hydrogen) atoms. The molecule has 0 radical (unpaired) electrons. The van der Waals surface area contributed by atoms with E-state index in [2.05, 4.69) is 11.0 Å². The number of benzene rings is 2. The van der Waals surface area contributed by atoms with Crippen LogP contribution >= 0.6 is 23.5 Å². The van der Waals surface area contributed by atoms with Crippen molar-refractivity contribution in [2.24, 2.45) is 0 Å². The van der Waals surface area contributed by atoms with E-state index in [1.54, 1.807) is 35.7 Å². The summed E-state index contributed by atoms with van der Waals surface area (Å²) in [4.78, 5) is 4.63. The van der Waals surface area contributed by atoms with Crippen LogP contribution in [0.2, 0.25) is 0 Å². The number of hydrogen-bond acceptors (Lipinski definition) is 5. The number of rotatable bonds is 7. The van der Waals surface area contributed by atoms with Gasteiger partial charge in [0, 0.05) is 33.2 Å². The van der Waals surface area contributed by atoms with Crippen molar-refractivity contribution in [3.05, 3.63) is 53.7 Å². The predicted octanol–water partition coefficient (Wildman–Crippen LogP) is 4.87. The van der Waals surface area contributed by atoms with Gasteiger partial charge in [0.2, 0.25) is 0 Å². The summed E-state index contributed by atoms with van der Waals surface area (Å²) in [5.74, 6) is 0.904. The van der Waals surface area contributed by atoms with E-state index in [9.17, 15) is 8.42 Å². The maximum atomic E-state index is 13.5. The van der Waals surface area contributed by atoms with Gasteiger partial charge in [-0.25, -0.2) is 12.4 Å². The molecule has 0 spiro atoms. The van der Waals surface area contributed by atoms with Gasteiger partial charge in [-0.15, -0.1) is 23.5 Å². The van der Waals surface area contributed by atoms with Crippen LogP contribution < -0.4 is 0 Å². The van der Waals surface area contributed by atoms with E-state index in [-0.39, 0.29) is 0 Å². The van der Waals surface area contributed by atoms with Crippen molar-refractivity contribution < 1.29 is 8.42 Å². The number of aryl methyl sites for hydroxylation is 1. The number of aromatic nitrogens is 1. The van der Waals surface area contributed by atoms with Crippen LogP contribution in [-0.4, -0.2) is 49.9 Å². The highest BCUT2D eigenvalue weighted by Gasteiger charge is 2.25. The summed E-state index contributed by atoms with van der Waals surface area (Å²) >= 11 is 3.39. The van der Waals surface area contributed by atoms with Crippen molar-refractivity contribution >= 4 is 44.4 Å². The van der Waals surface area contributed by atoms with Crippen molar-refractivity contribution in [3.8, 4) is 0 Å². The zero-order valence-electron chi connectivity index (χ0n) is 16.9. The van der Waals surface area contributed by atoms with Gasteiger partial charge in [0.1, 0.15) is 0 Å². The Hall–Kier alpha value is -1.41. The summed E-state index contributed by atoms with van der Waals surface area (Å²) < 4.78 is 28.4. The van der Waals surface area contributed by atoms with Crippen LogP contribution in [-0.2, 0) is 10.0 Å². The highest BCUT2D eigenvalue weighted by atomic mass is 32.2. The van der Waals surface area contributed by atoms with Crippen LogP contribution in [0.5, 0.6) is 0 Å². The molecule has 0 N–H and O–H groups in total. The Bertz CT molecular complexity index is 1090. The number of fused-ring (bicyclic) bond motifs is 1. The van der Waals surface area contributed by atoms with E-state index >= 15 is 0 Å². The van der Waals surface area contributed by atoms with Gasteiger partial charge in [0.15, 0.2) is 0 Å². The first-order chi connectivity index (χ1) is 13.3. The van der Waals surface area contributed by atoms with Gasteiger partial charge in [0.05, 0.1) is 10.4 Å². The Balaban J connectivity index is 2.19. The first-order valence-electron chi connectivity index (χ1n) is 9.04. The second-order valence-corrected chi connectivity index (χ2v) is 10.8. The minimum absolute atomic E-state index is 0.317. The molecule has 0 saturated heterocycles. The van der Waals surface area contributed by atoms with Gasteiger partial charge in [0.25, 0.3) is 10.0 Å². The summed E-state index contributed by atoms with van der Waals surface area (Å²) in [7, 11) is 0.425. The van der Waals surface area contributed by atoms with Crippen molar-refractivity contribution in [1.29, 1.82) is 0 Å². The molecule has 4 nitrogen and oxygen atoms in total. The molecule has 0 fully saturated rings. The molecule has 2 aromatic carbocycles. The van der Waals surface area contributed by atoms with Gasteiger partial charge >= 0.3 is 0 Å². The fourth-order valence-electron chi connectivity index (χ4n) is 3.11. The summed E-state index contributed by atoms with van der Waals surface area (Å²) in [6, 6.07) is 13.1. The van der Waals surface area contributed by atoms with Crippen LogP contribution in [0.25, 0.3) is 10.9 Å². The molecule has 1 heterocycles. The maximum absolute atomic E-state index is 13.5. The smallest absolute Gasteiger partial charge is 0.268 e. The standard InChI is InChI=1S/C21H26N2O2S3/c1-15-6-9-18(10-7-15)28(24,25)23-16(2)21(27-13-12-22(3)4)19-14-17(26-5)8-11-20(19)23/h6-11,14H,12-13H2,1-5H3. The molecular weight excluding hydrogens is 408 g/mol. The Labute approximate surface area is 176 Å². The third-order valence-electron chi connectivity index (χ3n) is 4.64. The van der Waals surface area contributed by atoms with Gasteiger partial charge < -0.3 is 4.90 Å². The SMILES string of the molecule is CSc1ccc2c(c1)c(SCCN(C)C)c(C)n2S(=O)(=O)c1ccc(C)cc1. The van der Waals surface area contributed by atoms with Crippen molar-refractivity contribution in [2.45, 2.75) is 28.5 Å². The summed E-state index contributed by atoms with van der Waals surface area (Å²) in [5.41, 5.74) is 2.55. The van der Waals surface area contributed by atoms with Crippen molar-refractivity contribution in [1.82, 2.24) is 8.87 Å². The van der Waals surface area contributed by atoms with Crippen molar-refractivity contribution in [3.63, 3.8) is 0 Å². The Morgan fingerprint density at radius 1 is 1.04 bits per heavy atom. The molecule has 1 aromatic heterocycles. The molecule has 150 valence electrons. The van der Waals surface area contributed by atoms with Crippen LogP contribution in [0.1, 0.15) is 11.3 Å².